The molecule has 3 atom stereocenters. The van der Waals surface area contributed by atoms with Crippen LogP contribution in [0.5, 0.6) is 5.75 Å². The van der Waals surface area contributed by atoms with Crippen LogP contribution in [0.1, 0.15) is 44.7 Å². The van der Waals surface area contributed by atoms with Gasteiger partial charge >= 0.3 is 0 Å². The molecule has 0 spiro atoms. The Balaban J connectivity index is 1.92. The van der Waals surface area contributed by atoms with E-state index in [0.29, 0.717) is 29.6 Å². The average molecular weight is 322 g/mol. The molecular weight excluding hydrogens is 295 g/mol. The molecule has 1 aromatic carbocycles. The van der Waals surface area contributed by atoms with Crippen LogP contribution in [0.25, 0.3) is 0 Å². The van der Waals surface area contributed by atoms with E-state index in [1.165, 1.54) is 25.0 Å². The van der Waals surface area contributed by atoms with Crippen molar-refractivity contribution < 1.29 is 13.9 Å². The maximum absolute atomic E-state index is 13.5. The number of carbonyl (C=O) groups is 1. The highest BCUT2D eigenvalue weighted by Gasteiger charge is 2.23. The number of rotatable bonds is 6. The second-order valence-corrected chi connectivity index (χ2v) is 6.46. The predicted molar refractivity (Wildman–Crippen MR) is 88.9 cm³/mol. The molecule has 5 heteroatoms. The monoisotopic (exact) mass is 322 g/mol. The largest absolute Gasteiger partial charge is 0.496 e. The lowest BCUT2D eigenvalue weighted by Crippen LogP contribution is -2.36. The van der Waals surface area contributed by atoms with E-state index < -0.39 is 0 Å². The SMILES string of the molecule is COc1ccc(F)cc1C(C)NC(=O)CC(C)C1CCCNC1. The van der Waals surface area contributed by atoms with Crippen LogP contribution in [0, 0.1) is 17.7 Å². The zero-order chi connectivity index (χ0) is 16.8. The van der Waals surface area contributed by atoms with Gasteiger partial charge < -0.3 is 15.4 Å². The molecule has 1 fully saturated rings. The standard InChI is InChI=1S/C18H27FN2O2/c1-12(14-5-4-8-20-11-14)9-18(22)21-13(2)16-10-15(19)6-7-17(16)23-3/h6-7,10,12-14,20H,4-5,8-9,11H2,1-3H3,(H,21,22). The molecule has 2 N–H and O–H groups in total. The minimum absolute atomic E-state index is 0.00175. The van der Waals surface area contributed by atoms with Crippen LogP contribution in [-0.2, 0) is 4.79 Å². The molecule has 1 aliphatic heterocycles. The van der Waals surface area contributed by atoms with Gasteiger partial charge in [-0.25, -0.2) is 4.39 Å². The molecule has 0 aromatic heterocycles. The summed E-state index contributed by atoms with van der Waals surface area (Å²) in [5, 5.41) is 6.35. The summed E-state index contributed by atoms with van der Waals surface area (Å²) in [6, 6.07) is 4.07. The predicted octanol–water partition coefficient (Wildman–Crippen LogP) is 3.04. The normalized spacial score (nSPS) is 20.6. The maximum Gasteiger partial charge on any atom is 0.220 e. The molecule has 1 amide bonds. The van der Waals surface area contributed by atoms with Gasteiger partial charge in [0.15, 0.2) is 0 Å². The van der Waals surface area contributed by atoms with Gasteiger partial charge in [0.25, 0.3) is 0 Å². The summed E-state index contributed by atoms with van der Waals surface area (Å²) in [5.74, 6) is 1.15. The third-order valence-corrected chi connectivity index (χ3v) is 4.68. The van der Waals surface area contributed by atoms with Crippen LogP contribution >= 0.6 is 0 Å². The molecule has 128 valence electrons. The van der Waals surface area contributed by atoms with Crippen LogP contribution < -0.4 is 15.4 Å². The van der Waals surface area contributed by atoms with E-state index in [1.54, 1.807) is 13.2 Å². The molecule has 1 aliphatic rings. The van der Waals surface area contributed by atoms with Crippen molar-refractivity contribution in [2.45, 2.75) is 39.2 Å². The Kier molecular flexibility index (Phi) is 6.39. The lowest BCUT2D eigenvalue weighted by molar-refractivity contribution is -0.123. The second kappa shape index (κ2) is 8.29. The van der Waals surface area contributed by atoms with Crippen LogP contribution in [0.15, 0.2) is 18.2 Å². The Hall–Kier alpha value is -1.62. The molecule has 1 aromatic rings. The van der Waals surface area contributed by atoms with E-state index in [4.69, 9.17) is 4.74 Å². The molecule has 2 rings (SSSR count). The van der Waals surface area contributed by atoms with E-state index in [0.717, 1.165) is 13.1 Å². The highest BCUT2D eigenvalue weighted by atomic mass is 19.1. The lowest BCUT2D eigenvalue weighted by Gasteiger charge is -2.28. The van der Waals surface area contributed by atoms with Gasteiger partial charge in [-0.3, -0.25) is 4.79 Å². The summed E-state index contributed by atoms with van der Waals surface area (Å²) in [5.41, 5.74) is 0.660. The average Bonchev–Trinajstić information content (AvgIpc) is 2.55. The van der Waals surface area contributed by atoms with Crippen molar-refractivity contribution in [1.29, 1.82) is 0 Å². The molecule has 4 nitrogen and oxygen atoms in total. The molecule has 0 aliphatic carbocycles. The highest BCUT2D eigenvalue weighted by molar-refractivity contribution is 5.76. The Bertz CT molecular complexity index is 530. The van der Waals surface area contributed by atoms with Crippen LogP contribution in [-0.4, -0.2) is 26.1 Å². The number of ether oxygens (including phenoxy) is 1. The molecule has 3 unspecified atom stereocenters. The molecule has 0 bridgehead atoms. The molecule has 0 saturated carbocycles. The van der Waals surface area contributed by atoms with E-state index in [9.17, 15) is 9.18 Å². The van der Waals surface area contributed by atoms with Crippen molar-refractivity contribution in [2.24, 2.45) is 11.8 Å². The minimum atomic E-state index is -0.330. The smallest absolute Gasteiger partial charge is 0.220 e. The molecular formula is C18H27FN2O2. The van der Waals surface area contributed by atoms with Crippen molar-refractivity contribution in [3.63, 3.8) is 0 Å². The maximum atomic E-state index is 13.5. The topological polar surface area (TPSA) is 50.4 Å². The molecule has 1 saturated heterocycles. The first kappa shape index (κ1) is 17.7. The Morgan fingerprint density at radius 2 is 2.26 bits per heavy atom. The lowest BCUT2D eigenvalue weighted by atomic mass is 9.85. The summed E-state index contributed by atoms with van der Waals surface area (Å²) in [6.45, 7) is 6.04. The van der Waals surface area contributed by atoms with Gasteiger partial charge in [0.1, 0.15) is 11.6 Å². The summed E-state index contributed by atoms with van der Waals surface area (Å²) in [6.07, 6.45) is 2.84. The number of benzene rings is 1. The number of piperidine rings is 1. The number of hydrogen-bond donors (Lipinski definition) is 2. The number of hydrogen-bond acceptors (Lipinski definition) is 3. The van der Waals surface area contributed by atoms with Crippen LogP contribution in [0.4, 0.5) is 4.39 Å². The summed E-state index contributed by atoms with van der Waals surface area (Å²) < 4.78 is 18.7. The van der Waals surface area contributed by atoms with Crippen molar-refractivity contribution >= 4 is 5.91 Å². The third kappa shape index (κ3) is 4.93. The molecule has 0 radical (unpaired) electrons. The first-order chi connectivity index (χ1) is 11.0. The first-order valence-corrected chi connectivity index (χ1v) is 8.34. The number of amides is 1. The Morgan fingerprint density at radius 1 is 1.48 bits per heavy atom. The third-order valence-electron chi connectivity index (χ3n) is 4.68. The van der Waals surface area contributed by atoms with Gasteiger partial charge in [-0.2, -0.15) is 0 Å². The van der Waals surface area contributed by atoms with E-state index in [1.807, 2.05) is 6.92 Å². The number of carbonyl (C=O) groups excluding carboxylic acids is 1. The van der Waals surface area contributed by atoms with Crippen LogP contribution in [0.2, 0.25) is 0 Å². The quantitative estimate of drug-likeness (QED) is 0.846. The van der Waals surface area contributed by atoms with E-state index >= 15 is 0 Å². The fraction of sp³-hybridized carbons (Fsp3) is 0.611. The van der Waals surface area contributed by atoms with Gasteiger partial charge in [0, 0.05) is 12.0 Å². The fourth-order valence-corrected chi connectivity index (χ4v) is 3.25. The van der Waals surface area contributed by atoms with E-state index in [2.05, 4.69) is 17.6 Å². The molecule has 23 heavy (non-hydrogen) atoms. The number of methoxy groups -OCH3 is 1. The zero-order valence-electron chi connectivity index (χ0n) is 14.2. The van der Waals surface area contributed by atoms with Gasteiger partial charge in [-0.05, 0) is 62.9 Å². The first-order valence-electron chi connectivity index (χ1n) is 8.34. The zero-order valence-corrected chi connectivity index (χ0v) is 14.2. The fourth-order valence-electron chi connectivity index (χ4n) is 3.25. The van der Waals surface area contributed by atoms with Crippen molar-refractivity contribution in [3.8, 4) is 5.75 Å². The van der Waals surface area contributed by atoms with Gasteiger partial charge in [-0.1, -0.05) is 6.92 Å². The van der Waals surface area contributed by atoms with Crippen molar-refractivity contribution in [1.82, 2.24) is 10.6 Å². The highest BCUT2D eigenvalue weighted by Crippen LogP contribution is 2.27. The summed E-state index contributed by atoms with van der Waals surface area (Å²) >= 11 is 0. The summed E-state index contributed by atoms with van der Waals surface area (Å²) in [7, 11) is 1.55. The van der Waals surface area contributed by atoms with Gasteiger partial charge in [-0.15, -0.1) is 0 Å². The minimum Gasteiger partial charge on any atom is -0.496 e. The van der Waals surface area contributed by atoms with Gasteiger partial charge in [0.2, 0.25) is 5.91 Å². The summed E-state index contributed by atoms with van der Waals surface area (Å²) in [4.78, 5) is 12.3. The van der Waals surface area contributed by atoms with Gasteiger partial charge in [0.05, 0.1) is 13.2 Å². The Labute approximate surface area is 137 Å². The van der Waals surface area contributed by atoms with E-state index in [-0.39, 0.29) is 17.8 Å². The van der Waals surface area contributed by atoms with Crippen molar-refractivity contribution in [3.05, 3.63) is 29.6 Å². The molecule has 1 heterocycles. The number of nitrogens with one attached hydrogen (secondary N) is 2. The second-order valence-electron chi connectivity index (χ2n) is 6.46. The van der Waals surface area contributed by atoms with Crippen molar-refractivity contribution in [2.75, 3.05) is 20.2 Å². The van der Waals surface area contributed by atoms with Crippen LogP contribution in [0.3, 0.4) is 0 Å². The Morgan fingerprint density at radius 3 is 2.91 bits per heavy atom. The number of halogens is 1.